The predicted molar refractivity (Wildman–Crippen MR) is 65.3 cm³/mol. The van der Waals surface area contributed by atoms with Crippen molar-refractivity contribution in [3.63, 3.8) is 0 Å². The minimum Gasteiger partial charge on any atom is -0.446 e. The Morgan fingerprint density at radius 1 is 1.59 bits per heavy atom. The van der Waals surface area contributed by atoms with E-state index >= 15 is 0 Å². The Labute approximate surface area is 105 Å². The van der Waals surface area contributed by atoms with Crippen LogP contribution in [0.2, 0.25) is 0 Å². The van der Waals surface area contributed by atoms with E-state index in [1.165, 1.54) is 16.4 Å². The highest BCUT2D eigenvalue weighted by molar-refractivity contribution is 7.99. The zero-order valence-electron chi connectivity index (χ0n) is 9.50. The fraction of sp³-hybridized carbons (Fsp3) is 0.600. The molecule has 2 heterocycles. The molecule has 1 aromatic rings. The molecule has 1 fully saturated rings. The lowest BCUT2D eigenvalue weighted by molar-refractivity contribution is 0.234. The summed E-state index contributed by atoms with van der Waals surface area (Å²) in [7, 11) is -3.56. The minimum atomic E-state index is -3.56. The van der Waals surface area contributed by atoms with Crippen LogP contribution in [-0.4, -0.2) is 41.9 Å². The van der Waals surface area contributed by atoms with Crippen molar-refractivity contribution in [2.24, 2.45) is 0 Å². The summed E-state index contributed by atoms with van der Waals surface area (Å²) < 4.78 is 31.1. The number of furan rings is 1. The molecule has 7 heteroatoms. The second kappa shape index (κ2) is 5.01. The molecule has 1 aromatic heterocycles. The summed E-state index contributed by atoms with van der Waals surface area (Å²) in [6.45, 7) is 2.10. The molecule has 0 saturated carbocycles. The maximum absolute atomic E-state index is 12.3. The fourth-order valence-corrected chi connectivity index (χ4v) is 4.55. The summed E-state index contributed by atoms with van der Waals surface area (Å²) >= 11 is 1.75. The van der Waals surface area contributed by atoms with Crippen molar-refractivity contribution in [3.05, 3.63) is 17.9 Å². The van der Waals surface area contributed by atoms with Crippen molar-refractivity contribution in [1.82, 2.24) is 4.31 Å². The van der Waals surface area contributed by atoms with E-state index in [2.05, 4.69) is 0 Å². The van der Waals surface area contributed by atoms with E-state index in [0.717, 1.165) is 11.5 Å². The Kier molecular flexibility index (Phi) is 3.82. The highest BCUT2D eigenvalue weighted by atomic mass is 32.2. The van der Waals surface area contributed by atoms with Crippen LogP contribution in [0.4, 0.5) is 0 Å². The lowest BCUT2D eigenvalue weighted by Gasteiger charge is -2.30. The molecule has 0 bridgehead atoms. The number of sulfonamides is 1. The molecule has 17 heavy (non-hydrogen) atoms. The Bertz CT molecular complexity index is 482. The molecule has 1 saturated heterocycles. The average Bonchev–Trinajstić information content (AvgIpc) is 2.78. The van der Waals surface area contributed by atoms with Gasteiger partial charge in [0.05, 0.1) is 0 Å². The van der Waals surface area contributed by atoms with Crippen LogP contribution >= 0.6 is 11.8 Å². The van der Waals surface area contributed by atoms with Crippen molar-refractivity contribution >= 4 is 21.8 Å². The summed E-state index contributed by atoms with van der Waals surface area (Å²) in [6.07, 6.45) is 0. The zero-order chi connectivity index (χ0) is 12.5. The van der Waals surface area contributed by atoms with Gasteiger partial charge in [0.25, 0.3) is 10.0 Å². The van der Waals surface area contributed by atoms with Crippen molar-refractivity contribution in [2.45, 2.75) is 24.7 Å². The van der Waals surface area contributed by atoms with E-state index in [4.69, 9.17) is 9.52 Å². The average molecular weight is 277 g/mol. The van der Waals surface area contributed by atoms with Crippen LogP contribution in [0.1, 0.15) is 12.7 Å². The molecule has 1 aliphatic heterocycles. The number of hydrogen-bond donors (Lipinski definition) is 1. The van der Waals surface area contributed by atoms with E-state index < -0.39 is 10.0 Å². The van der Waals surface area contributed by atoms with Gasteiger partial charge in [-0.25, -0.2) is 8.42 Å². The molecule has 2 rings (SSSR count). The number of aliphatic hydroxyl groups is 1. The predicted octanol–water partition coefficient (Wildman–Crippen LogP) is 0.898. The molecular formula is C10H15NO4S2. The van der Waals surface area contributed by atoms with Gasteiger partial charge in [-0.2, -0.15) is 16.1 Å². The molecule has 0 aliphatic carbocycles. The summed E-state index contributed by atoms with van der Waals surface area (Å²) in [4.78, 5) is 0. The normalized spacial score (nSPS) is 22.8. The zero-order valence-corrected chi connectivity index (χ0v) is 11.1. The van der Waals surface area contributed by atoms with E-state index in [1.54, 1.807) is 11.8 Å². The molecule has 1 aliphatic rings. The smallest absolute Gasteiger partial charge is 0.276 e. The second-order valence-electron chi connectivity index (χ2n) is 3.92. The number of rotatable bonds is 3. The van der Waals surface area contributed by atoms with Gasteiger partial charge in [0.1, 0.15) is 12.4 Å². The first-order valence-corrected chi connectivity index (χ1v) is 7.94. The fourth-order valence-electron chi connectivity index (χ4n) is 1.77. The van der Waals surface area contributed by atoms with Crippen LogP contribution in [0.3, 0.4) is 0 Å². The van der Waals surface area contributed by atoms with Crippen LogP contribution in [-0.2, 0) is 16.6 Å². The number of hydrogen-bond acceptors (Lipinski definition) is 5. The highest BCUT2D eigenvalue weighted by Gasteiger charge is 2.33. The Balaban J connectivity index is 2.28. The summed E-state index contributed by atoms with van der Waals surface area (Å²) in [5.41, 5.74) is 0. The molecule has 0 spiro atoms. The van der Waals surface area contributed by atoms with Gasteiger partial charge in [-0.1, -0.05) is 0 Å². The van der Waals surface area contributed by atoms with Gasteiger partial charge in [-0.3, -0.25) is 0 Å². The van der Waals surface area contributed by atoms with E-state index in [1.807, 2.05) is 6.92 Å². The molecule has 96 valence electrons. The van der Waals surface area contributed by atoms with Gasteiger partial charge in [0.15, 0.2) is 0 Å². The van der Waals surface area contributed by atoms with Crippen LogP contribution in [0.25, 0.3) is 0 Å². The van der Waals surface area contributed by atoms with Crippen molar-refractivity contribution in [2.75, 3.05) is 18.1 Å². The Hall–Kier alpha value is -0.500. The largest absolute Gasteiger partial charge is 0.446 e. The molecule has 0 aromatic carbocycles. The SMILES string of the molecule is CC1CSCCN1S(=O)(=O)c1ccc(CO)o1. The maximum atomic E-state index is 12.3. The number of thioether (sulfide) groups is 1. The second-order valence-corrected chi connectivity index (χ2v) is 6.89. The monoisotopic (exact) mass is 277 g/mol. The molecule has 5 nitrogen and oxygen atoms in total. The lowest BCUT2D eigenvalue weighted by Crippen LogP contribution is -2.44. The van der Waals surface area contributed by atoms with Crippen molar-refractivity contribution in [1.29, 1.82) is 0 Å². The Morgan fingerprint density at radius 2 is 2.35 bits per heavy atom. The van der Waals surface area contributed by atoms with Gasteiger partial charge in [0.2, 0.25) is 5.09 Å². The summed E-state index contributed by atoms with van der Waals surface area (Å²) in [5, 5.41) is 8.79. The van der Waals surface area contributed by atoms with Gasteiger partial charge in [0, 0.05) is 24.1 Å². The van der Waals surface area contributed by atoms with Crippen molar-refractivity contribution < 1.29 is 17.9 Å². The quantitative estimate of drug-likeness (QED) is 0.889. The minimum absolute atomic E-state index is 0.0265. The van der Waals surface area contributed by atoms with Gasteiger partial charge in [-0.05, 0) is 19.1 Å². The van der Waals surface area contributed by atoms with E-state index in [0.29, 0.717) is 6.54 Å². The van der Waals surface area contributed by atoms with Crippen LogP contribution < -0.4 is 0 Å². The maximum Gasteiger partial charge on any atom is 0.276 e. The van der Waals surface area contributed by atoms with Crippen LogP contribution in [0, 0.1) is 0 Å². The number of aliphatic hydroxyl groups excluding tert-OH is 1. The first kappa shape index (κ1) is 12.9. The van der Waals surface area contributed by atoms with Gasteiger partial charge >= 0.3 is 0 Å². The molecular weight excluding hydrogens is 262 g/mol. The van der Waals surface area contributed by atoms with E-state index in [-0.39, 0.29) is 23.5 Å². The summed E-state index contributed by atoms with van der Waals surface area (Å²) in [5.74, 6) is 1.87. The first-order valence-electron chi connectivity index (χ1n) is 5.35. The van der Waals surface area contributed by atoms with Crippen molar-refractivity contribution in [3.8, 4) is 0 Å². The molecule has 0 radical (unpaired) electrons. The topological polar surface area (TPSA) is 70.8 Å². The Morgan fingerprint density at radius 3 is 2.94 bits per heavy atom. The molecule has 1 N–H and O–H groups in total. The highest BCUT2D eigenvalue weighted by Crippen LogP contribution is 2.25. The molecule has 0 amide bonds. The first-order chi connectivity index (χ1) is 8.05. The van der Waals surface area contributed by atoms with Gasteiger partial charge in [-0.15, -0.1) is 0 Å². The molecule has 1 atom stereocenters. The summed E-state index contributed by atoms with van der Waals surface area (Å²) in [6, 6.07) is 2.85. The third kappa shape index (κ3) is 2.52. The standard InChI is InChI=1S/C10H15NO4S2/c1-8-7-16-5-4-11(8)17(13,14)10-3-2-9(6-12)15-10/h2-3,8,12H,4-7H2,1H3. The van der Waals surface area contributed by atoms with Crippen LogP contribution in [0.15, 0.2) is 21.6 Å². The van der Waals surface area contributed by atoms with Gasteiger partial charge < -0.3 is 9.52 Å². The molecule has 1 unspecified atom stereocenters. The third-order valence-electron chi connectivity index (χ3n) is 2.66. The van der Waals surface area contributed by atoms with Crippen LogP contribution in [0.5, 0.6) is 0 Å². The van der Waals surface area contributed by atoms with E-state index in [9.17, 15) is 8.42 Å². The lowest BCUT2D eigenvalue weighted by atomic mass is 10.4. The number of nitrogens with zero attached hydrogens (tertiary/aromatic N) is 1. The third-order valence-corrected chi connectivity index (χ3v) is 5.74.